The highest BCUT2D eigenvalue weighted by atomic mass is 35.5. The van der Waals surface area contributed by atoms with Crippen LogP contribution < -0.4 is 5.32 Å². The number of hydrogen-bond acceptors (Lipinski definition) is 3. The smallest absolute Gasteiger partial charge is 0.253 e. The molecule has 1 saturated heterocycles. The minimum absolute atomic E-state index is 0.144. The van der Waals surface area contributed by atoms with E-state index in [0.29, 0.717) is 36.9 Å². The molecular weight excluding hydrogens is 340 g/mol. The molecule has 5 nitrogen and oxygen atoms in total. The number of hydrogen-bond donors (Lipinski definition) is 1. The molecule has 130 valence electrons. The maximum Gasteiger partial charge on any atom is 0.253 e. The van der Waals surface area contributed by atoms with Crippen molar-refractivity contribution in [3.8, 4) is 0 Å². The normalized spacial score (nSPS) is 15.5. The first-order valence-corrected chi connectivity index (χ1v) is 8.51. The van der Waals surface area contributed by atoms with Gasteiger partial charge in [-0.05, 0) is 17.7 Å². The molecule has 0 unspecified atom stereocenters. The first-order chi connectivity index (χ1) is 12.2. The highest BCUT2D eigenvalue weighted by Gasteiger charge is 2.29. The predicted molar refractivity (Wildman–Crippen MR) is 95.5 cm³/mol. The number of carbonyl (C=O) groups is 2. The van der Waals surface area contributed by atoms with Crippen molar-refractivity contribution in [2.24, 2.45) is 0 Å². The zero-order chi connectivity index (χ0) is 17.6. The Labute approximate surface area is 151 Å². The maximum absolute atomic E-state index is 13.0. The molecule has 0 saturated carbocycles. The van der Waals surface area contributed by atoms with E-state index in [1.165, 1.54) is 0 Å². The first kappa shape index (κ1) is 17.5. The number of ether oxygens (including phenoxy) is 1. The number of nitrogens with one attached hydrogen (secondary N) is 1. The summed E-state index contributed by atoms with van der Waals surface area (Å²) in [5.74, 6) is -0.518. The van der Waals surface area contributed by atoms with Gasteiger partial charge in [-0.15, -0.1) is 0 Å². The third-order valence-electron chi connectivity index (χ3n) is 4.10. The van der Waals surface area contributed by atoms with E-state index in [9.17, 15) is 9.59 Å². The molecule has 0 aromatic heterocycles. The van der Waals surface area contributed by atoms with Gasteiger partial charge in [-0.2, -0.15) is 0 Å². The highest BCUT2D eigenvalue weighted by Crippen LogP contribution is 2.20. The fourth-order valence-electron chi connectivity index (χ4n) is 2.75. The van der Waals surface area contributed by atoms with Crippen molar-refractivity contribution in [1.29, 1.82) is 0 Å². The van der Waals surface area contributed by atoms with Crippen LogP contribution in [0.25, 0.3) is 0 Å². The number of rotatable bonds is 4. The monoisotopic (exact) mass is 358 g/mol. The molecule has 1 aliphatic heterocycles. The lowest BCUT2D eigenvalue weighted by atomic mass is 10.0. The second-order valence-corrected chi connectivity index (χ2v) is 6.14. The molecule has 2 aromatic carbocycles. The van der Waals surface area contributed by atoms with Crippen LogP contribution in [-0.2, 0) is 9.53 Å². The molecule has 1 fully saturated rings. The van der Waals surface area contributed by atoms with Gasteiger partial charge in [0, 0.05) is 13.1 Å². The van der Waals surface area contributed by atoms with Gasteiger partial charge < -0.3 is 15.0 Å². The molecule has 2 aromatic rings. The van der Waals surface area contributed by atoms with Crippen LogP contribution in [0, 0.1) is 0 Å². The average molecular weight is 359 g/mol. The number of morpholine rings is 1. The van der Waals surface area contributed by atoms with Crippen LogP contribution in [-0.4, -0.2) is 43.0 Å². The quantitative estimate of drug-likeness (QED) is 0.914. The van der Waals surface area contributed by atoms with Crippen molar-refractivity contribution >= 4 is 23.4 Å². The third-order valence-corrected chi connectivity index (χ3v) is 4.43. The number of nitrogens with zero attached hydrogens (tertiary/aromatic N) is 1. The van der Waals surface area contributed by atoms with E-state index in [1.54, 1.807) is 29.2 Å². The zero-order valence-corrected chi connectivity index (χ0v) is 14.4. The summed E-state index contributed by atoms with van der Waals surface area (Å²) in [6, 6.07) is 15.2. The molecule has 1 atom stereocenters. The van der Waals surface area contributed by atoms with E-state index >= 15 is 0 Å². The van der Waals surface area contributed by atoms with E-state index in [4.69, 9.17) is 16.3 Å². The molecule has 0 bridgehead atoms. The summed E-state index contributed by atoms with van der Waals surface area (Å²) in [5.41, 5.74) is 1.08. The van der Waals surface area contributed by atoms with Gasteiger partial charge in [-0.25, -0.2) is 0 Å². The van der Waals surface area contributed by atoms with E-state index in [2.05, 4.69) is 5.32 Å². The molecule has 3 rings (SSSR count). The van der Waals surface area contributed by atoms with Crippen LogP contribution in [0.15, 0.2) is 54.6 Å². The van der Waals surface area contributed by atoms with Crippen molar-refractivity contribution < 1.29 is 14.3 Å². The van der Waals surface area contributed by atoms with Gasteiger partial charge in [-0.1, -0.05) is 54.1 Å². The standard InChI is InChI=1S/C19H19ClN2O3/c20-16-9-5-4-8-15(16)18(23)21-17(14-6-2-1-3-7-14)19(24)22-10-12-25-13-11-22/h1-9,17H,10-13H2,(H,21,23)/t17-/m0/s1. The lowest BCUT2D eigenvalue weighted by Crippen LogP contribution is -2.47. The lowest BCUT2D eigenvalue weighted by Gasteiger charge is -2.31. The largest absolute Gasteiger partial charge is 0.378 e. The molecule has 1 N–H and O–H groups in total. The van der Waals surface area contributed by atoms with Crippen LogP contribution in [0.3, 0.4) is 0 Å². The average Bonchev–Trinajstić information content (AvgIpc) is 2.67. The predicted octanol–water partition coefficient (Wildman–Crippen LogP) is 2.67. The van der Waals surface area contributed by atoms with E-state index in [0.717, 1.165) is 5.56 Å². The summed E-state index contributed by atoms with van der Waals surface area (Å²) in [5, 5.41) is 3.18. The Morgan fingerprint density at radius 3 is 2.32 bits per heavy atom. The van der Waals surface area contributed by atoms with Crippen molar-refractivity contribution in [2.75, 3.05) is 26.3 Å². The molecule has 0 spiro atoms. The Kier molecular flexibility index (Phi) is 5.68. The minimum Gasteiger partial charge on any atom is -0.378 e. The molecular formula is C19H19ClN2O3. The Morgan fingerprint density at radius 2 is 1.64 bits per heavy atom. The van der Waals surface area contributed by atoms with Crippen LogP contribution in [0.5, 0.6) is 0 Å². The molecule has 0 radical (unpaired) electrons. The summed E-state index contributed by atoms with van der Waals surface area (Å²) in [4.78, 5) is 27.3. The Hall–Kier alpha value is -2.37. The molecule has 6 heteroatoms. The third kappa shape index (κ3) is 4.18. The summed E-state index contributed by atoms with van der Waals surface area (Å²) < 4.78 is 5.30. The van der Waals surface area contributed by atoms with Crippen LogP contribution in [0.2, 0.25) is 5.02 Å². The van der Waals surface area contributed by atoms with Crippen LogP contribution in [0.4, 0.5) is 0 Å². The first-order valence-electron chi connectivity index (χ1n) is 8.13. The minimum atomic E-state index is -0.761. The second-order valence-electron chi connectivity index (χ2n) is 5.73. The summed E-state index contributed by atoms with van der Waals surface area (Å²) in [6.07, 6.45) is 0. The van der Waals surface area contributed by atoms with Crippen LogP contribution >= 0.6 is 11.6 Å². The van der Waals surface area contributed by atoms with Crippen molar-refractivity contribution in [3.63, 3.8) is 0 Å². The van der Waals surface area contributed by atoms with Gasteiger partial charge in [0.2, 0.25) is 5.91 Å². The maximum atomic E-state index is 13.0. The molecule has 1 aliphatic rings. The van der Waals surface area contributed by atoms with Crippen molar-refractivity contribution in [2.45, 2.75) is 6.04 Å². The Bertz CT molecular complexity index is 745. The van der Waals surface area contributed by atoms with E-state index in [-0.39, 0.29) is 11.8 Å². The number of benzene rings is 2. The molecule has 1 heterocycles. The number of amides is 2. The Morgan fingerprint density at radius 1 is 1.00 bits per heavy atom. The molecule has 2 amide bonds. The summed E-state index contributed by atoms with van der Waals surface area (Å²) >= 11 is 6.10. The van der Waals surface area contributed by atoms with Gasteiger partial charge in [0.25, 0.3) is 5.91 Å². The highest BCUT2D eigenvalue weighted by molar-refractivity contribution is 6.33. The summed E-state index contributed by atoms with van der Waals surface area (Å²) in [7, 11) is 0. The molecule has 25 heavy (non-hydrogen) atoms. The van der Waals surface area contributed by atoms with E-state index < -0.39 is 6.04 Å². The van der Waals surface area contributed by atoms with Gasteiger partial charge in [-0.3, -0.25) is 9.59 Å². The fraction of sp³-hybridized carbons (Fsp3) is 0.263. The number of carbonyl (C=O) groups excluding carboxylic acids is 2. The molecule has 0 aliphatic carbocycles. The van der Waals surface area contributed by atoms with Crippen molar-refractivity contribution in [1.82, 2.24) is 10.2 Å². The SMILES string of the molecule is O=C(N[C@H](C(=O)N1CCOCC1)c1ccccc1)c1ccccc1Cl. The second kappa shape index (κ2) is 8.14. The topological polar surface area (TPSA) is 58.6 Å². The van der Waals surface area contributed by atoms with Gasteiger partial charge in [0.1, 0.15) is 6.04 Å². The van der Waals surface area contributed by atoms with Crippen molar-refractivity contribution in [3.05, 3.63) is 70.7 Å². The van der Waals surface area contributed by atoms with E-state index in [1.807, 2.05) is 30.3 Å². The van der Waals surface area contributed by atoms with Crippen LogP contribution in [0.1, 0.15) is 22.0 Å². The summed E-state index contributed by atoms with van der Waals surface area (Å²) in [6.45, 7) is 2.05. The Balaban J connectivity index is 1.85. The fourth-order valence-corrected chi connectivity index (χ4v) is 2.98. The lowest BCUT2D eigenvalue weighted by molar-refractivity contribution is -0.137. The zero-order valence-electron chi connectivity index (χ0n) is 13.7. The number of halogens is 1. The van der Waals surface area contributed by atoms with Gasteiger partial charge in [0.15, 0.2) is 0 Å². The van der Waals surface area contributed by atoms with Gasteiger partial charge >= 0.3 is 0 Å². The van der Waals surface area contributed by atoms with Gasteiger partial charge in [0.05, 0.1) is 23.8 Å².